The Morgan fingerprint density at radius 2 is 0.892 bits per heavy atom. The van der Waals surface area contributed by atoms with Crippen molar-refractivity contribution < 1.29 is 58.2 Å². The van der Waals surface area contributed by atoms with Crippen LogP contribution in [-0.4, -0.2) is 143 Å². The molecule has 0 aliphatic rings. The van der Waals surface area contributed by atoms with Crippen molar-refractivity contribution in [1.29, 1.82) is 0 Å². The van der Waals surface area contributed by atoms with Crippen LogP contribution in [0.25, 0.3) is 0 Å². The lowest BCUT2D eigenvalue weighted by molar-refractivity contribution is -0.140. The topological polar surface area (TPSA) is 464 Å². The first-order valence-corrected chi connectivity index (χ1v) is 21.7. The molecule has 26 nitrogen and oxygen atoms in total. The van der Waals surface area contributed by atoms with E-state index in [0.29, 0.717) is 0 Å². The number of carboxylic acid groups (broad SMARTS) is 2. The average molecular weight is 941 g/mol. The van der Waals surface area contributed by atoms with Gasteiger partial charge in [-0.15, -0.1) is 0 Å². The molecule has 0 aliphatic heterocycles. The largest absolute Gasteiger partial charge is 0.481 e. The van der Waals surface area contributed by atoms with Gasteiger partial charge in [0, 0.05) is 38.4 Å². The van der Waals surface area contributed by atoms with Gasteiger partial charge in [0.25, 0.3) is 0 Å². The van der Waals surface area contributed by atoms with Crippen LogP contribution < -0.4 is 66.3 Å². The van der Waals surface area contributed by atoms with Crippen molar-refractivity contribution in [3.05, 3.63) is 24.3 Å². The fourth-order valence-electron chi connectivity index (χ4n) is 5.53. The molecule has 6 atom stereocenters. The van der Waals surface area contributed by atoms with E-state index in [0.717, 1.165) is 6.08 Å². The van der Waals surface area contributed by atoms with E-state index < -0.39 is 134 Å². The number of hydrogen-bond acceptors (Lipinski definition) is 13. The number of rotatable bonds is 34. The number of primary amides is 2. The molecule has 0 aromatic rings. The first kappa shape index (κ1) is 58.1. The summed E-state index contributed by atoms with van der Waals surface area (Å²) in [5.74, 6) is -10.2. The number of nitrogens with zero attached hydrogens (tertiary/aromatic N) is 2. The summed E-state index contributed by atoms with van der Waals surface area (Å²) in [4.78, 5) is 136. The number of nitrogens with two attached hydrogens (primary N) is 6. The molecule has 65 heavy (non-hydrogen) atoms. The number of carboxylic acids is 2. The van der Waals surface area contributed by atoms with Crippen molar-refractivity contribution in [2.45, 2.75) is 114 Å². The number of carbonyl (C=O) groups excluding carboxylic acids is 8. The summed E-state index contributed by atoms with van der Waals surface area (Å²) in [5, 5.41) is 33.2. The van der Waals surface area contributed by atoms with Gasteiger partial charge in [0.15, 0.2) is 11.9 Å². The van der Waals surface area contributed by atoms with Crippen molar-refractivity contribution in [3.8, 4) is 0 Å². The number of nitrogens with one attached hydrogen (secondary N) is 6. The van der Waals surface area contributed by atoms with Gasteiger partial charge in [-0.2, -0.15) is 11.8 Å². The number of allylic oxidation sites excluding steroid dienone is 3. The van der Waals surface area contributed by atoms with Gasteiger partial charge < -0.3 is 76.5 Å². The molecule has 0 saturated carbocycles. The standard InChI is InChI=1S/C38H64N14O12S/c1-3-4-5-10-28(54)47-23(12-15-29(55)56)33(61)51-25(13-16-30(57)58)35(63)52-26(17-20-65-2)36(64)50-24(11-14-27(39)53)34(62)49-22(9-7-19-46-38(43)44)32(60)48-21(31(40)59)8-6-18-45-37(41)42/h3-5,10,21-26H,6-9,11-20H2,1-2H3,(H2,39,53)(H2,40,59)(H,47,54)(H,48,60)(H,49,62)(H,50,64)(H,51,61)(H,52,63)(H,55,56)(H,57,58)(H4,41,42,45)(H4,43,44,46)/b4-3+,10-5+/t21-,22-,23-,24-,25-,26-/m0/s1. The zero-order valence-corrected chi connectivity index (χ0v) is 37.2. The maximum atomic E-state index is 13.9. The molecule has 0 radical (unpaired) electrons. The Morgan fingerprint density at radius 1 is 0.523 bits per heavy atom. The lowest BCUT2D eigenvalue weighted by Gasteiger charge is -2.27. The first-order valence-electron chi connectivity index (χ1n) is 20.3. The van der Waals surface area contributed by atoms with Crippen molar-refractivity contribution in [2.24, 2.45) is 44.4 Å². The van der Waals surface area contributed by atoms with Crippen LogP contribution in [0.3, 0.4) is 0 Å². The molecule has 0 bridgehead atoms. The fourth-order valence-corrected chi connectivity index (χ4v) is 6.00. The normalized spacial score (nSPS) is 13.7. The van der Waals surface area contributed by atoms with E-state index in [-0.39, 0.29) is 62.9 Å². The maximum absolute atomic E-state index is 13.9. The van der Waals surface area contributed by atoms with Crippen molar-refractivity contribution in [1.82, 2.24) is 31.9 Å². The Balaban J connectivity index is 6.62. The number of hydrogen-bond donors (Lipinski definition) is 14. The van der Waals surface area contributed by atoms with Crippen molar-refractivity contribution in [2.75, 3.05) is 25.1 Å². The van der Waals surface area contributed by atoms with Gasteiger partial charge in [-0.3, -0.25) is 57.9 Å². The summed E-state index contributed by atoms with van der Waals surface area (Å²) >= 11 is 1.27. The average Bonchev–Trinajstić information content (AvgIpc) is 3.22. The molecule has 0 aromatic carbocycles. The van der Waals surface area contributed by atoms with Gasteiger partial charge in [0.1, 0.15) is 36.3 Å². The molecule has 8 amide bonds. The number of aliphatic imine (C=N–C) groups is 2. The van der Waals surface area contributed by atoms with Gasteiger partial charge in [0.2, 0.25) is 47.3 Å². The van der Waals surface area contributed by atoms with E-state index in [1.54, 1.807) is 19.3 Å². The molecule has 364 valence electrons. The van der Waals surface area contributed by atoms with Crippen LogP contribution in [0.4, 0.5) is 0 Å². The highest BCUT2D eigenvalue weighted by molar-refractivity contribution is 7.98. The number of aliphatic carboxylic acids is 2. The molecule has 0 heterocycles. The van der Waals surface area contributed by atoms with Crippen LogP contribution in [0.1, 0.15) is 77.6 Å². The van der Waals surface area contributed by atoms with Gasteiger partial charge >= 0.3 is 11.9 Å². The van der Waals surface area contributed by atoms with Crippen LogP contribution in [-0.2, 0) is 47.9 Å². The molecular formula is C38H64N14O12S. The van der Waals surface area contributed by atoms with E-state index in [1.165, 1.54) is 23.9 Å². The van der Waals surface area contributed by atoms with E-state index in [9.17, 15) is 58.2 Å². The SMILES string of the molecule is C/C=C/C=C/C(=O)N[C@@H](CCC(=O)O)C(=O)N[C@@H](CCC(=O)O)C(=O)N[C@@H](CCSC)C(=O)N[C@@H](CCC(N)=O)C(=O)N[C@@H](CCCN=C(N)N)C(=O)N[C@@H](CCCN=C(N)N)C(N)=O. The number of carbonyl (C=O) groups is 10. The van der Waals surface area contributed by atoms with Crippen LogP contribution in [0.2, 0.25) is 0 Å². The van der Waals surface area contributed by atoms with Crippen molar-refractivity contribution >= 4 is 82.9 Å². The molecule has 27 heteroatoms. The second kappa shape index (κ2) is 32.7. The molecule has 0 aromatic heterocycles. The van der Waals surface area contributed by atoms with Crippen LogP contribution >= 0.6 is 11.8 Å². The summed E-state index contributed by atoms with van der Waals surface area (Å²) < 4.78 is 0. The molecule has 0 fully saturated rings. The second-order valence-corrected chi connectivity index (χ2v) is 15.2. The maximum Gasteiger partial charge on any atom is 0.303 e. The quantitative estimate of drug-likeness (QED) is 0.00948. The summed E-state index contributed by atoms with van der Waals surface area (Å²) in [6.45, 7) is 1.83. The van der Waals surface area contributed by atoms with Crippen LogP contribution in [0.15, 0.2) is 34.3 Å². The Hall–Kier alpha value is -6.93. The van der Waals surface area contributed by atoms with Crippen LogP contribution in [0, 0.1) is 0 Å². The first-order chi connectivity index (χ1) is 30.6. The molecule has 0 rings (SSSR count). The third-order valence-corrected chi connectivity index (χ3v) is 9.49. The van der Waals surface area contributed by atoms with Gasteiger partial charge in [-0.25, -0.2) is 0 Å². The highest BCUT2D eigenvalue weighted by Gasteiger charge is 2.33. The Bertz CT molecular complexity index is 1770. The third kappa shape index (κ3) is 27.7. The molecule has 0 saturated heterocycles. The predicted octanol–water partition coefficient (Wildman–Crippen LogP) is -4.63. The third-order valence-electron chi connectivity index (χ3n) is 8.85. The minimum Gasteiger partial charge on any atom is -0.481 e. The fraction of sp³-hybridized carbons (Fsp3) is 0.579. The van der Waals surface area contributed by atoms with Crippen molar-refractivity contribution in [3.63, 3.8) is 0 Å². The number of amides is 8. The van der Waals surface area contributed by atoms with E-state index in [2.05, 4.69) is 41.9 Å². The summed E-state index contributed by atoms with van der Waals surface area (Å²) in [7, 11) is 0. The minimum atomic E-state index is -1.63. The molecule has 0 spiro atoms. The number of thioether (sulfide) groups is 1. The van der Waals surface area contributed by atoms with E-state index in [1.807, 2.05) is 0 Å². The second-order valence-electron chi connectivity index (χ2n) is 14.2. The minimum absolute atomic E-state index is 0.0183. The zero-order valence-electron chi connectivity index (χ0n) is 36.4. The number of guanidine groups is 2. The highest BCUT2D eigenvalue weighted by atomic mass is 32.2. The van der Waals surface area contributed by atoms with Gasteiger partial charge in [-0.05, 0) is 70.3 Å². The lowest BCUT2D eigenvalue weighted by atomic mass is 10.0. The predicted molar refractivity (Wildman–Crippen MR) is 240 cm³/mol. The monoisotopic (exact) mass is 940 g/mol. The van der Waals surface area contributed by atoms with E-state index in [4.69, 9.17) is 34.4 Å². The van der Waals surface area contributed by atoms with Gasteiger partial charge in [0.05, 0.1) is 0 Å². The molecule has 20 N–H and O–H groups in total. The Kier molecular flexibility index (Phi) is 29.2. The highest BCUT2D eigenvalue weighted by Crippen LogP contribution is 2.10. The molecule has 0 unspecified atom stereocenters. The zero-order chi connectivity index (χ0) is 49.5. The van der Waals surface area contributed by atoms with Gasteiger partial charge in [-0.1, -0.05) is 18.2 Å². The Morgan fingerprint density at radius 3 is 1.26 bits per heavy atom. The lowest BCUT2D eigenvalue weighted by Crippen LogP contribution is -2.59. The smallest absolute Gasteiger partial charge is 0.303 e. The van der Waals surface area contributed by atoms with E-state index >= 15 is 0 Å². The van der Waals surface area contributed by atoms with Crippen LogP contribution in [0.5, 0.6) is 0 Å². The summed E-state index contributed by atoms with van der Waals surface area (Å²) in [5.41, 5.74) is 32.3. The Labute approximate surface area is 379 Å². The summed E-state index contributed by atoms with van der Waals surface area (Å²) in [6.07, 6.45) is 4.52. The summed E-state index contributed by atoms with van der Waals surface area (Å²) in [6, 6.07) is -8.73. The molecular weight excluding hydrogens is 877 g/mol. The molecule has 0 aliphatic carbocycles.